The Balaban J connectivity index is 1.73. The monoisotopic (exact) mass is 542 g/mol. The third kappa shape index (κ3) is 3.10. The van der Waals surface area contributed by atoms with Gasteiger partial charge in [-0.25, -0.2) is 4.68 Å². The van der Waals surface area contributed by atoms with Crippen LogP contribution in [0.2, 0.25) is 0 Å². The van der Waals surface area contributed by atoms with E-state index in [1.807, 2.05) is 0 Å². The Morgan fingerprint density at radius 1 is 0.850 bits per heavy atom. The lowest BCUT2D eigenvalue weighted by molar-refractivity contribution is 0.0971. The smallest absolute Gasteiger partial charge is 0.278 e. The Morgan fingerprint density at radius 2 is 1.55 bits per heavy atom. The first-order valence-electron chi connectivity index (χ1n) is 12.7. The van der Waals surface area contributed by atoms with Crippen molar-refractivity contribution >= 4 is 22.3 Å². The Hall–Kier alpha value is -4.86. The summed E-state index contributed by atoms with van der Waals surface area (Å²) >= 11 is 0. The van der Waals surface area contributed by atoms with E-state index >= 15 is 0 Å². The normalized spacial score (nSPS) is 14.0. The van der Waals surface area contributed by atoms with E-state index in [2.05, 4.69) is 5.10 Å². The quantitative estimate of drug-likeness (QED) is 0.247. The molecule has 0 radical (unpaired) electrons. The third-order valence-corrected chi connectivity index (χ3v) is 7.84. The predicted octanol–water partition coefficient (Wildman–Crippen LogP) is 3.83. The molecule has 10 heteroatoms. The summed E-state index contributed by atoms with van der Waals surface area (Å²) < 4.78 is 6.91. The van der Waals surface area contributed by atoms with Gasteiger partial charge in [-0.2, -0.15) is 5.10 Å². The van der Waals surface area contributed by atoms with Crippen LogP contribution in [0.15, 0.2) is 23.1 Å². The van der Waals surface area contributed by atoms with Gasteiger partial charge in [0.2, 0.25) is 5.78 Å². The summed E-state index contributed by atoms with van der Waals surface area (Å²) in [5, 5.41) is 48.9. The lowest BCUT2D eigenvalue weighted by atomic mass is 9.75. The number of carbonyl (C=O) groups is 2. The number of hydrogen-bond donors (Lipinski definition) is 4. The number of fused-ring (bicyclic) bond motifs is 6. The number of carbonyl (C=O) groups excluding carboxylic acids is 2. The van der Waals surface area contributed by atoms with E-state index in [4.69, 9.17) is 4.74 Å². The minimum atomic E-state index is -0.805. The highest BCUT2D eigenvalue weighted by atomic mass is 16.5. The van der Waals surface area contributed by atoms with Gasteiger partial charge in [0.05, 0.1) is 40.9 Å². The molecule has 0 spiro atoms. The minimum absolute atomic E-state index is 0.00526. The summed E-state index contributed by atoms with van der Waals surface area (Å²) in [4.78, 5) is 40.9. The van der Waals surface area contributed by atoms with Gasteiger partial charge >= 0.3 is 0 Å². The average molecular weight is 543 g/mol. The fourth-order valence-electron chi connectivity index (χ4n) is 5.92. The van der Waals surface area contributed by atoms with E-state index in [-0.39, 0.29) is 61.6 Å². The summed E-state index contributed by atoms with van der Waals surface area (Å²) in [6.45, 7) is 6.82. The van der Waals surface area contributed by atoms with Crippen LogP contribution in [0.1, 0.15) is 69.3 Å². The molecule has 0 unspecified atom stereocenters. The molecule has 1 aromatic heterocycles. The number of aryl methyl sites for hydroxylation is 1. The molecule has 6 rings (SSSR count). The number of hydrogen-bond acceptors (Lipinski definition) is 9. The number of rotatable bonds is 1. The third-order valence-electron chi connectivity index (χ3n) is 7.84. The maximum Gasteiger partial charge on any atom is 0.278 e. The second kappa shape index (κ2) is 8.08. The molecule has 0 bridgehead atoms. The zero-order valence-corrected chi connectivity index (χ0v) is 22.5. The fraction of sp³-hybridized carbons (Fsp3) is 0.267. The van der Waals surface area contributed by atoms with Gasteiger partial charge in [-0.1, -0.05) is 0 Å². The number of aromatic hydroxyl groups is 4. The average Bonchev–Trinajstić information content (AvgIpc) is 2.89. The molecule has 0 amide bonds. The maximum atomic E-state index is 13.7. The number of ketones is 2. The Morgan fingerprint density at radius 3 is 2.20 bits per heavy atom. The van der Waals surface area contributed by atoms with Crippen LogP contribution in [0.3, 0.4) is 0 Å². The van der Waals surface area contributed by atoms with Crippen LogP contribution >= 0.6 is 0 Å². The number of phenolic OH excluding ortho intramolecular Hbond substituents is 4. The van der Waals surface area contributed by atoms with E-state index in [0.29, 0.717) is 29.4 Å². The highest BCUT2D eigenvalue weighted by Gasteiger charge is 2.42. The van der Waals surface area contributed by atoms with Crippen molar-refractivity contribution in [3.05, 3.63) is 67.6 Å². The SMILES string of the molecule is COc1c2c(c(O)c3c1C(=O)c1c(cc(O)c(C)c1O)C3=O)-c1c(cc3cnn(C(C)(C)C)c(=O)c3c1O)CC2. The summed E-state index contributed by atoms with van der Waals surface area (Å²) in [7, 11) is 1.32. The Labute approximate surface area is 227 Å². The molecule has 40 heavy (non-hydrogen) atoms. The number of phenols is 4. The van der Waals surface area contributed by atoms with Gasteiger partial charge in [0, 0.05) is 33.2 Å². The molecule has 3 aromatic carbocycles. The molecule has 1 heterocycles. The van der Waals surface area contributed by atoms with Crippen LogP contribution in [-0.2, 0) is 18.4 Å². The zero-order chi connectivity index (χ0) is 29.0. The van der Waals surface area contributed by atoms with E-state index < -0.39 is 34.2 Å². The van der Waals surface area contributed by atoms with Crippen molar-refractivity contribution in [3.63, 3.8) is 0 Å². The second-order valence-corrected chi connectivity index (χ2v) is 11.2. The van der Waals surface area contributed by atoms with Crippen molar-refractivity contribution in [1.82, 2.24) is 9.78 Å². The van der Waals surface area contributed by atoms with Gasteiger partial charge in [0.15, 0.2) is 5.78 Å². The molecule has 0 saturated carbocycles. The topological polar surface area (TPSA) is 159 Å². The van der Waals surface area contributed by atoms with Crippen LogP contribution in [0, 0.1) is 6.92 Å². The Bertz CT molecular complexity index is 1930. The molecular formula is C30H26N2O8. The summed E-state index contributed by atoms with van der Waals surface area (Å²) in [6, 6.07) is 2.81. The van der Waals surface area contributed by atoms with Crippen molar-refractivity contribution in [2.75, 3.05) is 7.11 Å². The van der Waals surface area contributed by atoms with Crippen LogP contribution < -0.4 is 10.3 Å². The minimum Gasteiger partial charge on any atom is -0.508 e. The lowest BCUT2D eigenvalue weighted by Gasteiger charge is -2.30. The molecular weight excluding hydrogens is 516 g/mol. The summed E-state index contributed by atoms with van der Waals surface area (Å²) in [5.41, 5.74) is -1.06. The van der Waals surface area contributed by atoms with Crippen molar-refractivity contribution in [1.29, 1.82) is 0 Å². The van der Waals surface area contributed by atoms with E-state index in [9.17, 15) is 34.8 Å². The Kier molecular flexibility index (Phi) is 5.13. The largest absolute Gasteiger partial charge is 0.508 e. The maximum absolute atomic E-state index is 13.7. The van der Waals surface area contributed by atoms with Crippen molar-refractivity contribution < 1.29 is 34.8 Å². The molecule has 0 saturated heterocycles. The number of aromatic nitrogens is 2. The first-order chi connectivity index (χ1) is 18.8. The summed E-state index contributed by atoms with van der Waals surface area (Å²) in [5.74, 6) is -3.37. The van der Waals surface area contributed by atoms with Crippen LogP contribution in [0.5, 0.6) is 28.7 Å². The lowest BCUT2D eigenvalue weighted by Crippen LogP contribution is -2.35. The predicted molar refractivity (Wildman–Crippen MR) is 145 cm³/mol. The van der Waals surface area contributed by atoms with E-state index in [0.717, 1.165) is 6.07 Å². The van der Waals surface area contributed by atoms with Gasteiger partial charge in [-0.3, -0.25) is 14.4 Å². The molecule has 204 valence electrons. The first-order valence-corrected chi connectivity index (χ1v) is 12.7. The van der Waals surface area contributed by atoms with E-state index in [1.165, 1.54) is 24.9 Å². The van der Waals surface area contributed by atoms with Crippen LogP contribution in [-0.4, -0.2) is 48.9 Å². The molecule has 0 fully saturated rings. The van der Waals surface area contributed by atoms with Gasteiger partial charge in [0.1, 0.15) is 28.7 Å². The molecule has 0 aliphatic heterocycles. The van der Waals surface area contributed by atoms with Crippen molar-refractivity contribution in [2.24, 2.45) is 0 Å². The standard InChI is InChI=1S/C30H26N2O8/c1-11-16(33)9-15-20(23(11)34)27(38)22-21(24(15)35)26(37)19-14(28(22)40-5)7-6-12-8-13-10-31-32(30(2,3)4)29(39)18(13)25(36)17(12)19/h8-10,33-34,36-37H,6-7H2,1-5H3. The van der Waals surface area contributed by atoms with Crippen molar-refractivity contribution in [2.45, 2.75) is 46.1 Å². The molecule has 2 aliphatic carbocycles. The van der Waals surface area contributed by atoms with Gasteiger partial charge in [-0.15, -0.1) is 0 Å². The van der Waals surface area contributed by atoms with Gasteiger partial charge < -0.3 is 25.2 Å². The molecule has 4 N–H and O–H groups in total. The molecule has 0 atom stereocenters. The zero-order valence-electron chi connectivity index (χ0n) is 22.5. The molecule has 10 nitrogen and oxygen atoms in total. The number of ether oxygens (including phenoxy) is 1. The highest BCUT2D eigenvalue weighted by molar-refractivity contribution is 6.32. The summed E-state index contributed by atoms with van der Waals surface area (Å²) in [6.07, 6.45) is 2.17. The number of benzene rings is 3. The molecule has 4 aromatic rings. The van der Waals surface area contributed by atoms with Gasteiger partial charge in [0.25, 0.3) is 5.56 Å². The highest BCUT2D eigenvalue weighted by Crippen LogP contribution is 2.54. The fourth-order valence-corrected chi connectivity index (χ4v) is 5.92. The van der Waals surface area contributed by atoms with Gasteiger partial charge in [-0.05, 0) is 58.2 Å². The first kappa shape index (κ1) is 25.4. The van der Waals surface area contributed by atoms with E-state index in [1.54, 1.807) is 26.8 Å². The van der Waals surface area contributed by atoms with Crippen LogP contribution in [0.25, 0.3) is 21.9 Å². The van der Waals surface area contributed by atoms with Crippen molar-refractivity contribution in [3.8, 4) is 39.9 Å². The van der Waals surface area contributed by atoms with Crippen LogP contribution in [0.4, 0.5) is 0 Å². The number of nitrogens with zero attached hydrogens (tertiary/aromatic N) is 2. The molecule has 2 aliphatic rings. The number of methoxy groups -OCH3 is 1. The second-order valence-electron chi connectivity index (χ2n) is 11.2.